The van der Waals surface area contributed by atoms with Crippen LogP contribution in [0.1, 0.15) is 46.5 Å². The highest BCUT2D eigenvalue weighted by Crippen LogP contribution is 2.20. The van der Waals surface area contributed by atoms with Crippen LogP contribution in [0.25, 0.3) is 0 Å². The predicted octanol–water partition coefficient (Wildman–Crippen LogP) is 2.55. The number of nitrogens with one attached hydrogen (secondary N) is 1. The van der Waals surface area contributed by atoms with E-state index in [0.29, 0.717) is 17.9 Å². The quantitative estimate of drug-likeness (QED) is 0.863. The third-order valence-corrected chi connectivity index (χ3v) is 4.65. The standard InChI is InChI=1S/C16H31N3O/c1-13(2)19(12-15-7-4-8-17-10-15)16(20)18-9-5-6-14(3)11-18/h13-15,17H,4-12H2,1-3H3. The number of rotatable bonds is 3. The summed E-state index contributed by atoms with van der Waals surface area (Å²) in [6.07, 6.45) is 4.91. The lowest BCUT2D eigenvalue weighted by Crippen LogP contribution is -2.52. The summed E-state index contributed by atoms with van der Waals surface area (Å²) in [5.74, 6) is 1.27. The lowest BCUT2D eigenvalue weighted by molar-refractivity contribution is 0.109. The third kappa shape index (κ3) is 4.11. The molecular formula is C16H31N3O. The van der Waals surface area contributed by atoms with E-state index in [1.165, 1.54) is 19.3 Å². The first kappa shape index (κ1) is 15.6. The number of urea groups is 1. The molecule has 2 amide bonds. The molecular weight excluding hydrogens is 250 g/mol. The van der Waals surface area contributed by atoms with E-state index in [1.54, 1.807) is 0 Å². The first-order valence-electron chi connectivity index (χ1n) is 8.34. The zero-order chi connectivity index (χ0) is 14.5. The number of nitrogens with zero attached hydrogens (tertiary/aromatic N) is 2. The maximum absolute atomic E-state index is 12.8. The summed E-state index contributed by atoms with van der Waals surface area (Å²) in [4.78, 5) is 17.0. The SMILES string of the molecule is CC1CCCN(C(=O)N(CC2CCCNC2)C(C)C)C1. The van der Waals surface area contributed by atoms with Crippen LogP contribution in [-0.4, -0.2) is 54.6 Å². The number of amides is 2. The summed E-state index contributed by atoms with van der Waals surface area (Å²) in [6.45, 7) is 11.5. The Bertz CT molecular complexity index is 313. The molecule has 20 heavy (non-hydrogen) atoms. The highest BCUT2D eigenvalue weighted by atomic mass is 16.2. The van der Waals surface area contributed by atoms with Crippen LogP contribution in [0.4, 0.5) is 4.79 Å². The van der Waals surface area contributed by atoms with Gasteiger partial charge in [-0.1, -0.05) is 6.92 Å². The molecule has 0 aromatic heterocycles. The molecule has 2 aliphatic rings. The fourth-order valence-electron chi connectivity index (χ4n) is 3.41. The van der Waals surface area contributed by atoms with Gasteiger partial charge >= 0.3 is 6.03 Å². The van der Waals surface area contributed by atoms with Crippen LogP contribution in [0, 0.1) is 11.8 Å². The highest BCUT2D eigenvalue weighted by molar-refractivity contribution is 5.75. The minimum atomic E-state index is 0.261. The van der Waals surface area contributed by atoms with Crippen LogP contribution in [0.15, 0.2) is 0 Å². The summed E-state index contributed by atoms with van der Waals surface area (Å²) < 4.78 is 0. The van der Waals surface area contributed by atoms with Gasteiger partial charge in [0.2, 0.25) is 0 Å². The van der Waals surface area contributed by atoms with Gasteiger partial charge in [0, 0.05) is 25.7 Å². The maximum Gasteiger partial charge on any atom is 0.320 e. The van der Waals surface area contributed by atoms with Gasteiger partial charge in [-0.15, -0.1) is 0 Å². The maximum atomic E-state index is 12.8. The molecule has 2 atom stereocenters. The van der Waals surface area contributed by atoms with E-state index < -0.39 is 0 Å². The molecule has 2 fully saturated rings. The summed E-state index contributed by atoms with van der Waals surface area (Å²) in [6, 6.07) is 0.554. The molecule has 4 nitrogen and oxygen atoms in total. The summed E-state index contributed by atoms with van der Waals surface area (Å²) >= 11 is 0. The number of carbonyl (C=O) groups is 1. The van der Waals surface area contributed by atoms with Crippen molar-refractivity contribution in [1.82, 2.24) is 15.1 Å². The highest BCUT2D eigenvalue weighted by Gasteiger charge is 2.28. The van der Waals surface area contributed by atoms with Gasteiger partial charge in [-0.05, 0) is 64.5 Å². The van der Waals surface area contributed by atoms with Crippen molar-refractivity contribution >= 4 is 6.03 Å². The topological polar surface area (TPSA) is 35.6 Å². The molecule has 0 radical (unpaired) electrons. The van der Waals surface area contributed by atoms with Gasteiger partial charge in [0.05, 0.1) is 0 Å². The normalized spacial score (nSPS) is 27.7. The van der Waals surface area contributed by atoms with E-state index in [9.17, 15) is 4.79 Å². The van der Waals surface area contributed by atoms with Crippen LogP contribution in [0.3, 0.4) is 0 Å². The Morgan fingerprint density at radius 1 is 1.35 bits per heavy atom. The minimum Gasteiger partial charge on any atom is -0.324 e. The molecule has 0 aromatic rings. The zero-order valence-electron chi connectivity index (χ0n) is 13.4. The van der Waals surface area contributed by atoms with Crippen LogP contribution in [0.2, 0.25) is 0 Å². The van der Waals surface area contributed by atoms with Gasteiger partial charge in [-0.2, -0.15) is 0 Å². The molecule has 0 saturated carbocycles. The average Bonchev–Trinajstić information content (AvgIpc) is 2.45. The lowest BCUT2D eigenvalue weighted by atomic mass is 9.98. The van der Waals surface area contributed by atoms with Gasteiger partial charge in [-0.3, -0.25) is 0 Å². The monoisotopic (exact) mass is 281 g/mol. The molecule has 2 saturated heterocycles. The Morgan fingerprint density at radius 3 is 2.75 bits per heavy atom. The van der Waals surface area contributed by atoms with Crippen molar-refractivity contribution in [2.75, 3.05) is 32.7 Å². The molecule has 2 unspecified atom stereocenters. The van der Waals surface area contributed by atoms with Crippen molar-refractivity contribution < 1.29 is 4.79 Å². The zero-order valence-corrected chi connectivity index (χ0v) is 13.4. The first-order valence-corrected chi connectivity index (χ1v) is 8.34. The molecule has 0 aromatic carbocycles. The average molecular weight is 281 g/mol. The van der Waals surface area contributed by atoms with E-state index >= 15 is 0 Å². The van der Waals surface area contributed by atoms with E-state index in [4.69, 9.17) is 0 Å². The van der Waals surface area contributed by atoms with E-state index in [0.717, 1.165) is 39.1 Å². The minimum absolute atomic E-state index is 0.261. The molecule has 4 heteroatoms. The number of likely N-dealkylation sites (tertiary alicyclic amines) is 1. The second kappa shape index (κ2) is 7.30. The van der Waals surface area contributed by atoms with Crippen molar-refractivity contribution in [3.8, 4) is 0 Å². The van der Waals surface area contributed by atoms with Gasteiger partial charge in [0.25, 0.3) is 0 Å². The number of piperidine rings is 2. The van der Waals surface area contributed by atoms with Crippen LogP contribution in [-0.2, 0) is 0 Å². The Kier molecular flexibility index (Phi) is 5.70. The van der Waals surface area contributed by atoms with Gasteiger partial charge < -0.3 is 15.1 Å². The van der Waals surface area contributed by atoms with Crippen molar-refractivity contribution in [3.05, 3.63) is 0 Å². The number of hydrogen-bond acceptors (Lipinski definition) is 2. The van der Waals surface area contributed by atoms with Crippen molar-refractivity contribution in [2.24, 2.45) is 11.8 Å². The van der Waals surface area contributed by atoms with Gasteiger partial charge in [0.15, 0.2) is 0 Å². The predicted molar refractivity (Wildman–Crippen MR) is 82.8 cm³/mol. The van der Waals surface area contributed by atoms with Crippen LogP contribution >= 0.6 is 0 Å². The summed E-state index contributed by atoms with van der Waals surface area (Å²) in [5, 5.41) is 3.45. The third-order valence-electron chi connectivity index (χ3n) is 4.65. The van der Waals surface area contributed by atoms with E-state index in [-0.39, 0.29) is 6.03 Å². The summed E-state index contributed by atoms with van der Waals surface area (Å²) in [7, 11) is 0. The summed E-state index contributed by atoms with van der Waals surface area (Å²) in [5.41, 5.74) is 0. The lowest BCUT2D eigenvalue weighted by Gasteiger charge is -2.39. The molecule has 0 spiro atoms. The Morgan fingerprint density at radius 2 is 2.15 bits per heavy atom. The Labute approximate surface area is 123 Å². The van der Waals surface area contributed by atoms with Gasteiger partial charge in [-0.25, -0.2) is 4.79 Å². The molecule has 0 aliphatic carbocycles. The second-order valence-electron chi connectivity index (χ2n) is 6.93. The Hall–Kier alpha value is -0.770. The molecule has 1 N–H and O–H groups in total. The molecule has 2 rings (SSSR count). The number of hydrogen-bond donors (Lipinski definition) is 1. The Balaban J connectivity index is 1.94. The van der Waals surface area contributed by atoms with Crippen molar-refractivity contribution in [3.63, 3.8) is 0 Å². The van der Waals surface area contributed by atoms with E-state index in [2.05, 4.69) is 35.9 Å². The van der Waals surface area contributed by atoms with Gasteiger partial charge in [0.1, 0.15) is 0 Å². The molecule has 0 bridgehead atoms. The van der Waals surface area contributed by atoms with Crippen molar-refractivity contribution in [2.45, 2.75) is 52.5 Å². The first-order chi connectivity index (χ1) is 9.58. The largest absolute Gasteiger partial charge is 0.324 e. The molecule has 2 heterocycles. The fraction of sp³-hybridized carbons (Fsp3) is 0.938. The molecule has 2 aliphatic heterocycles. The fourth-order valence-corrected chi connectivity index (χ4v) is 3.41. The van der Waals surface area contributed by atoms with Crippen molar-refractivity contribution in [1.29, 1.82) is 0 Å². The van der Waals surface area contributed by atoms with Crippen LogP contribution in [0.5, 0.6) is 0 Å². The molecule has 116 valence electrons. The number of carbonyl (C=O) groups excluding carboxylic acids is 1. The second-order valence-corrected chi connectivity index (χ2v) is 6.93. The smallest absolute Gasteiger partial charge is 0.320 e. The van der Waals surface area contributed by atoms with E-state index in [1.807, 2.05) is 0 Å². The van der Waals surface area contributed by atoms with Crippen LogP contribution < -0.4 is 5.32 Å².